The van der Waals surface area contributed by atoms with Gasteiger partial charge in [0.25, 0.3) is 5.91 Å². The lowest BCUT2D eigenvalue weighted by Gasteiger charge is -2.24. The van der Waals surface area contributed by atoms with Crippen LogP contribution < -0.4 is 10.6 Å². The van der Waals surface area contributed by atoms with Crippen molar-refractivity contribution in [3.05, 3.63) is 24.3 Å². The fraction of sp³-hybridized carbons (Fsp3) is 0.611. The molecule has 1 aromatic rings. The fourth-order valence-corrected chi connectivity index (χ4v) is 3.04. The molecule has 2 atom stereocenters. The van der Waals surface area contributed by atoms with Crippen molar-refractivity contribution >= 4 is 17.7 Å². The van der Waals surface area contributed by atoms with Gasteiger partial charge in [0.1, 0.15) is 5.69 Å². The van der Waals surface area contributed by atoms with Crippen molar-refractivity contribution in [3.63, 3.8) is 0 Å². The summed E-state index contributed by atoms with van der Waals surface area (Å²) in [5, 5.41) is 5.72. The van der Waals surface area contributed by atoms with Gasteiger partial charge in [-0.3, -0.25) is 19.4 Å². The molecule has 3 amide bonds. The monoisotopic (exact) mass is 377 g/mol. The predicted octanol–water partition coefficient (Wildman–Crippen LogP) is -0.0138. The van der Waals surface area contributed by atoms with E-state index in [0.717, 1.165) is 6.42 Å². The molecule has 9 heteroatoms. The molecule has 0 aromatic carbocycles. The number of ether oxygens (including phenoxy) is 1. The van der Waals surface area contributed by atoms with Crippen LogP contribution in [0, 0.1) is 5.92 Å². The summed E-state index contributed by atoms with van der Waals surface area (Å²) in [6.07, 6.45) is 6.53. The summed E-state index contributed by atoms with van der Waals surface area (Å²) < 4.78 is 4.93. The summed E-state index contributed by atoms with van der Waals surface area (Å²) in [6.45, 7) is 1.25. The third-order valence-electron chi connectivity index (χ3n) is 4.55. The molecule has 2 rings (SSSR count). The van der Waals surface area contributed by atoms with E-state index in [9.17, 15) is 14.4 Å². The van der Waals surface area contributed by atoms with E-state index in [1.165, 1.54) is 18.6 Å². The van der Waals surface area contributed by atoms with Crippen molar-refractivity contribution < 1.29 is 19.1 Å². The number of carbonyl (C=O) groups excluding carboxylic acids is 3. The number of likely N-dealkylation sites (N-methyl/N-ethyl adjacent to an activating group) is 1. The molecule has 9 nitrogen and oxygen atoms in total. The number of nitrogens with one attached hydrogen (secondary N) is 2. The Morgan fingerprint density at radius 1 is 1.33 bits per heavy atom. The molecule has 148 valence electrons. The van der Waals surface area contributed by atoms with Crippen molar-refractivity contribution in [2.24, 2.45) is 5.92 Å². The Bertz CT molecular complexity index is 640. The van der Waals surface area contributed by atoms with Gasteiger partial charge in [-0.25, -0.2) is 4.98 Å². The van der Waals surface area contributed by atoms with Crippen LogP contribution in [0.4, 0.5) is 0 Å². The number of rotatable bonds is 6. The first-order valence-corrected chi connectivity index (χ1v) is 9.08. The van der Waals surface area contributed by atoms with Crippen molar-refractivity contribution in [1.29, 1.82) is 0 Å². The van der Waals surface area contributed by atoms with E-state index in [1.54, 1.807) is 19.1 Å². The Balaban J connectivity index is 1.96. The SMILES string of the molecule is COCCNC(=O)[C@@H]1CCC[C@@H](NC(=O)c2cnccn2)CN(C)C(=O)C1. The molecule has 2 N–H and O–H groups in total. The number of hydrogen-bond donors (Lipinski definition) is 2. The van der Waals surface area contributed by atoms with Gasteiger partial charge in [0.2, 0.25) is 11.8 Å². The molecule has 1 aromatic heterocycles. The lowest BCUT2D eigenvalue weighted by atomic mass is 9.96. The summed E-state index contributed by atoms with van der Waals surface area (Å²) in [7, 11) is 3.26. The van der Waals surface area contributed by atoms with E-state index in [2.05, 4.69) is 20.6 Å². The van der Waals surface area contributed by atoms with E-state index in [0.29, 0.717) is 32.5 Å². The standard InChI is InChI=1S/C18H27N5O4/c1-23-12-14(22-18(26)15-11-19-6-7-20-15)5-3-4-13(10-16(23)24)17(25)21-8-9-27-2/h6-7,11,13-14H,3-5,8-10,12H2,1-2H3,(H,21,25)(H,22,26)/t13-,14-/m1/s1. The van der Waals surface area contributed by atoms with Crippen LogP contribution in [-0.2, 0) is 14.3 Å². The molecule has 1 saturated heterocycles. The lowest BCUT2D eigenvalue weighted by molar-refractivity contribution is -0.135. The number of nitrogens with zero attached hydrogens (tertiary/aromatic N) is 3. The normalized spacial score (nSPS) is 21.0. The van der Waals surface area contributed by atoms with Crippen LogP contribution in [0.3, 0.4) is 0 Å². The van der Waals surface area contributed by atoms with E-state index < -0.39 is 0 Å². The van der Waals surface area contributed by atoms with Crippen LogP contribution >= 0.6 is 0 Å². The van der Waals surface area contributed by atoms with Gasteiger partial charge in [-0.2, -0.15) is 0 Å². The second-order valence-corrected chi connectivity index (χ2v) is 6.65. The highest BCUT2D eigenvalue weighted by Crippen LogP contribution is 2.19. The van der Waals surface area contributed by atoms with Gasteiger partial charge < -0.3 is 20.3 Å². The Morgan fingerprint density at radius 3 is 2.85 bits per heavy atom. The Labute approximate surface area is 158 Å². The smallest absolute Gasteiger partial charge is 0.271 e. The third kappa shape index (κ3) is 6.59. The van der Waals surface area contributed by atoms with Gasteiger partial charge in [0.15, 0.2) is 0 Å². The highest BCUT2D eigenvalue weighted by atomic mass is 16.5. The summed E-state index contributed by atoms with van der Waals surface area (Å²) in [5.74, 6) is -0.924. The zero-order chi connectivity index (χ0) is 19.6. The quantitative estimate of drug-likeness (QED) is 0.674. The molecule has 0 aliphatic carbocycles. The summed E-state index contributed by atoms with van der Waals surface area (Å²) in [6, 6.07) is -0.205. The molecule has 1 fully saturated rings. The Kier molecular flexibility index (Phi) is 8.12. The predicted molar refractivity (Wildman–Crippen MR) is 97.8 cm³/mol. The first kappa shape index (κ1) is 20.8. The molecule has 1 aliphatic heterocycles. The number of amides is 3. The van der Waals surface area contributed by atoms with Crippen LogP contribution in [-0.4, -0.2) is 72.5 Å². The first-order chi connectivity index (χ1) is 13.0. The number of hydrogen-bond acceptors (Lipinski definition) is 6. The first-order valence-electron chi connectivity index (χ1n) is 9.08. The van der Waals surface area contributed by atoms with Crippen LogP contribution in [0.2, 0.25) is 0 Å². The second kappa shape index (κ2) is 10.6. The van der Waals surface area contributed by atoms with Crippen molar-refractivity contribution in [3.8, 4) is 0 Å². The molecular formula is C18H27N5O4. The molecule has 0 radical (unpaired) electrons. The topological polar surface area (TPSA) is 114 Å². The molecule has 0 saturated carbocycles. The van der Waals surface area contributed by atoms with Gasteiger partial charge in [-0.1, -0.05) is 6.42 Å². The molecule has 27 heavy (non-hydrogen) atoms. The van der Waals surface area contributed by atoms with Gasteiger partial charge in [0.05, 0.1) is 12.8 Å². The number of carbonyl (C=O) groups is 3. The third-order valence-corrected chi connectivity index (χ3v) is 4.55. The maximum Gasteiger partial charge on any atom is 0.271 e. The maximum absolute atomic E-state index is 12.5. The van der Waals surface area contributed by atoms with E-state index in [1.807, 2.05) is 0 Å². The van der Waals surface area contributed by atoms with Crippen LogP contribution in [0.1, 0.15) is 36.2 Å². The molecule has 2 heterocycles. The number of methoxy groups -OCH3 is 1. The van der Waals surface area contributed by atoms with E-state index >= 15 is 0 Å². The fourth-order valence-electron chi connectivity index (χ4n) is 3.04. The molecule has 1 aliphatic rings. The van der Waals surface area contributed by atoms with Gasteiger partial charge in [0, 0.05) is 58.0 Å². The van der Waals surface area contributed by atoms with Crippen LogP contribution in [0.25, 0.3) is 0 Å². The Morgan fingerprint density at radius 2 is 2.15 bits per heavy atom. The largest absolute Gasteiger partial charge is 0.383 e. The summed E-state index contributed by atoms with van der Waals surface area (Å²) >= 11 is 0. The zero-order valence-electron chi connectivity index (χ0n) is 15.8. The summed E-state index contributed by atoms with van der Waals surface area (Å²) in [5.41, 5.74) is 0.238. The van der Waals surface area contributed by atoms with Gasteiger partial charge >= 0.3 is 0 Å². The minimum Gasteiger partial charge on any atom is -0.383 e. The van der Waals surface area contributed by atoms with Crippen LogP contribution in [0.5, 0.6) is 0 Å². The average Bonchev–Trinajstić information content (AvgIpc) is 2.73. The molecular weight excluding hydrogens is 350 g/mol. The van der Waals surface area contributed by atoms with Crippen LogP contribution in [0.15, 0.2) is 18.6 Å². The second-order valence-electron chi connectivity index (χ2n) is 6.65. The lowest BCUT2D eigenvalue weighted by Crippen LogP contribution is -2.44. The van der Waals surface area contributed by atoms with Crippen molar-refractivity contribution in [1.82, 2.24) is 25.5 Å². The maximum atomic E-state index is 12.5. The molecule has 0 unspecified atom stereocenters. The average molecular weight is 377 g/mol. The van der Waals surface area contributed by atoms with Gasteiger partial charge in [-0.05, 0) is 12.8 Å². The summed E-state index contributed by atoms with van der Waals surface area (Å²) in [4.78, 5) is 46.5. The zero-order valence-corrected chi connectivity index (χ0v) is 15.8. The van der Waals surface area contributed by atoms with Crippen molar-refractivity contribution in [2.75, 3.05) is 33.9 Å². The minimum atomic E-state index is -0.369. The highest BCUT2D eigenvalue weighted by molar-refractivity contribution is 5.92. The minimum absolute atomic E-state index is 0.109. The molecule has 0 bridgehead atoms. The van der Waals surface area contributed by atoms with E-state index in [4.69, 9.17) is 4.74 Å². The molecule has 0 spiro atoms. The number of aromatic nitrogens is 2. The highest BCUT2D eigenvalue weighted by Gasteiger charge is 2.27. The van der Waals surface area contributed by atoms with E-state index in [-0.39, 0.29) is 41.8 Å². The Hall–Kier alpha value is -2.55. The van der Waals surface area contributed by atoms with Crippen molar-refractivity contribution in [2.45, 2.75) is 31.7 Å². The van der Waals surface area contributed by atoms with Gasteiger partial charge in [-0.15, -0.1) is 0 Å².